The van der Waals surface area contributed by atoms with Gasteiger partial charge in [-0.15, -0.1) is 10.2 Å². The third-order valence-corrected chi connectivity index (χ3v) is 5.43. The van der Waals surface area contributed by atoms with Crippen LogP contribution in [0.4, 0.5) is 0 Å². The summed E-state index contributed by atoms with van der Waals surface area (Å²) in [5.74, 6) is 2.68. The average molecular weight is 362 g/mol. The second-order valence-electron chi connectivity index (χ2n) is 5.87. The molecule has 1 unspecified atom stereocenters. The van der Waals surface area contributed by atoms with Gasteiger partial charge in [0.25, 0.3) is 0 Å². The Morgan fingerprint density at radius 1 is 1.29 bits per heavy atom. The quantitative estimate of drug-likeness (QED) is 0.633. The van der Waals surface area contributed by atoms with E-state index in [1.54, 1.807) is 11.8 Å². The zero-order valence-electron chi connectivity index (χ0n) is 13.3. The minimum absolute atomic E-state index is 0.00648. The lowest BCUT2D eigenvalue weighted by Crippen LogP contribution is -1.97. The Hall–Kier alpha value is -1.86. The molecule has 0 saturated heterocycles. The fraction of sp³-hybridized carbons (Fsp3) is 0.375. The third kappa shape index (κ3) is 2.93. The number of benzene rings is 1. The molecule has 0 N–H and O–H groups in total. The van der Waals surface area contributed by atoms with E-state index >= 15 is 0 Å². The molecular weight excluding hydrogens is 346 g/mol. The molecule has 6 nitrogen and oxygen atoms in total. The van der Waals surface area contributed by atoms with Gasteiger partial charge in [-0.25, -0.2) is 0 Å². The second-order valence-corrected chi connectivity index (χ2v) is 7.59. The number of hydrogen-bond acceptors (Lipinski definition) is 6. The lowest BCUT2D eigenvalue weighted by atomic mass is 10.2. The molecule has 1 aliphatic carbocycles. The van der Waals surface area contributed by atoms with Crippen LogP contribution in [0.25, 0.3) is 11.4 Å². The summed E-state index contributed by atoms with van der Waals surface area (Å²) in [5, 5.41) is 14.1. The van der Waals surface area contributed by atoms with Crippen molar-refractivity contribution >= 4 is 23.4 Å². The Morgan fingerprint density at radius 3 is 2.83 bits per heavy atom. The summed E-state index contributed by atoms with van der Waals surface area (Å²) in [4.78, 5) is 4.50. The van der Waals surface area contributed by atoms with E-state index in [1.165, 1.54) is 0 Å². The number of nitrogens with zero attached hydrogens (tertiary/aromatic N) is 5. The number of rotatable bonds is 5. The second kappa shape index (κ2) is 6.22. The van der Waals surface area contributed by atoms with Crippen LogP contribution in [0.5, 0.6) is 0 Å². The first-order chi connectivity index (χ1) is 11.6. The fourth-order valence-electron chi connectivity index (χ4n) is 2.42. The molecule has 1 aromatic carbocycles. The molecule has 1 atom stereocenters. The first-order valence-corrected chi connectivity index (χ1v) is 9.03. The van der Waals surface area contributed by atoms with Gasteiger partial charge in [-0.05, 0) is 31.9 Å². The largest absolute Gasteiger partial charge is 0.338 e. The number of aromatic nitrogens is 5. The maximum Gasteiger partial charge on any atom is 0.239 e. The maximum atomic E-state index is 6.26. The third-order valence-electron chi connectivity index (χ3n) is 3.98. The van der Waals surface area contributed by atoms with Crippen LogP contribution in [0.2, 0.25) is 5.02 Å². The predicted octanol–water partition coefficient (Wildman–Crippen LogP) is 4.25. The molecule has 3 aromatic rings. The molecule has 2 heterocycles. The predicted molar refractivity (Wildman–Crippen MR) is 92.0 cm³/mol. The Balaban J connectivity index is 1.55. The van der Waals surface area contributed by atoms with Gasteiger partial charge in [0.1, 0.15) is 0 Å². The van der Waals surface area contributed by atoms with Gasteiger partial charge < -0.3 is 9.09 Å². The van der Waals surface area contributed by atoms with Crippen molar-refractivity contribution in [3.63, 3.8) is 0 Å². The van der Waals surface area contributed by atoms with Crippen molar-refractivity contribution in [1.82, 2.24) is 24.9 Å². The van der Waals surface area contributed by atoms with E-state index in [2.05, 4.69) is 20.3 Å². The van der Waals surface area contributed by atoms with E-state index in [0.717, 1.165) is 35.2 Å². The van der Waals surface area contributed by atoms with Gasteiger partial charge in [0.2, 0.25) is 5.89 Å². The van der Waals surface area contributed by atoms with Gasteiger partial charge in [0.15, 0.2) is 16.8 Å². The van der Waals surface area contributed by atoms with Gasteiger partial charge >= 0.3 is 0 Å². The van der Waals surface area contributed by atoms with Gasteiger partial charge in [-0.2, -0.15) is 4.98 Å². The molecule has 1 fully saturated rings. The van der Waals surface area contributed by atoms with Crippen molar-refractivity contribution in [3.8, 4) is 11.4 Å². The van der Waals surface area contributed by atoms with E-state index in [9.17, 15) is 0 Å². The summed E-state index contributed by atoms with van der Waals surface area (Å²) in [6.45, 7) is 2.03. The Morgan fingerprint density at radius 2 is 2.08 bits per heavy atom. The number of thioether (sulfide) groups is 1. The van der Waals surface area contributed by atoms with E-state index in [-0.39, 0.29) is 5.25 Å². The smallest absolute Gasteiger partial charge is 0.239 e. The van der Waals surface area contributed by atoms with Crippen molar-refractivity contribution in [2.24, 2.45) is 7.05 Å². The van der Waals surface area contributed by atoms with Crippen LogP contribution in [0, 0.1) is 0 Å². The van der Waals surface area contributed by atoms with Crippen LogP contribution < -0.4 is 0 Å². The SMILES string of the molecule is CC(Sc1nnc(-c2ccccc2Cl)n1C)c1nc(C2CC2)no1. The highest BCUT2D eigenvalue weighted by atomic mass is 35.5. The highest BCUT2D eigenvalue weighted by molar-refractivity contribution is 7.99. The van der Waals surface area contributed by atoms with Gasteiger partial charge in [0, 0.05) is 18.5 Å². The summed E-state index contributed by atoms with van der Waals surface area (Å²) in [7, 11) is 1.93. The molecule has 1 aliphatic rings. The Labute approximate surface area is 148 Å². The summed E-state index contributed by atoms with van der Waals surface area (Å²) in [5.41, 5.74) is 0.863. The monoisotopic (exact) mass is 361 g/mol. The van der Waals surface area contributed by atoms with Crippen molar-refractivity contribution in [2.45, 2.75) is 36.1 Å². The molecule has 8 heteroatoms. The summed E-state index contributed by atoms with van der Waals surface area (Å²) in [6, 6.07) is 7.61. The maximum absolute atomic E-state index is 6.26. The molecule has 0 aliphatic heterocycles. The van der Waals surface area contributed by atoms with E-state index in [0.29, 0.717) is 16.8 Å². The van der Waals surface area contributed by atoms with Gasteiger partial charge in [-0.3, -0.25) is 0 Å². The molecule has 24 heavy (non-hydrogen) atoms. The summed E-state index contributed by atoms with van der Waals surface area (Å²) >= 11 is 7.80. The minimum atomic E-state index is 0.00648. The van der Waals surface area contributed by atoms with Crippen molar-refractivity contribution < 1.29 is 4.52 Å². The minimum Gasteiger partial charge on any atom is -0.338 e. The molecule has 1 saturated carbocycles. The van der Waals surface area contributed by atoms with Gasteiger partial charge in [-0.1, -0.05) is 40.7 Å². The van der Waals surface area contributed by atoms with Crippen LogP contribution in [0.1, 0.15) is 42.6 Å². The zero-order valence-corrected chi connectivity index (χ0v) is 14.9. The Bertz CT molecular complexity index is 873. The normalized spacial score (nSPS) is 15.6. The van der Waals surface area contributed by atoms with Crippen LogP contribution in [-0.4, -0.2) is 24.9 Å². The topological polar surface area (TPSA) is 69.6 Å². The lowest BCUT2D eigenvalue weighted by Gasteiger charge is -2.07. The lowest BCUT2D eigenvalue weighted by molar-refractivity contribution is 0.374. The van der Waals surface area contributed by atoms with Crippen LogP contribution >= 0.6 is 23.4 Å². The van der Waals surface area contributed by atoms with Crippen LogP contribution in [0.15, 0.2) is 33.9 Å². The molecule has 0 bridgehead atoms. The zero-order chi connectivity index (χ0) is 16.7. The molecule has 2 aromatic heterocycles. The molecule has 0 spiro atoms. The highest BCUT2D eigenvalue weighted by Crippen LogP contribution is 2.40. The fourth-order valence-corrected chi connectivity index (χ4v) is 3.49. The summed E-state index contributed by atoms with van der Waals surface area (Å²) in [6.07, 6.45) is 2.32. The average Bonchev–Trinajstić information content (AvgIpc) is 3.20. The van der Waals surface area contributed by atoms with E-state index in [1.807, 2.05) is 42.8 Å². The first-order valence-electron chi connectivity index (χ1n) is 7.78. The standard InChI is InChI=1S/C16H16ClN5OS/c1-9(15-18-13(21-23-15)10-7-8-10)24-16-20-19-14(22(16)2)11-5-3-4-6-12(11)17/h3-6,9-10H,7-8H2,1-2H3. The molecule has 124 valence electrons. The van der Waals surface area contributed by atoms with Crippen molar-refractivity contribution in [2.75, 3.05) is 0 Å². The van der Waals surface area contributed by atoms with Crippen LogP contribution in [-0.2, 0) is 7.05 Å². The molecule has 0 amide bonds. The van der Waals surface area contributed by atoms with E-state index < -0.39 is 0 Å². The number of halogens is 1. The summed E-state index contributed by atoms with van der Waals surface area (Å²) < 4.78 is 7.32. The van der Waals surface area contributed by atoms with Crippen molar-refractivity contribution in [3.05, 3.63) is 41.0 Å². The molecule has 4 rings (SSSR count). The van der Waals surface area contributed by atoms with E-state index in [4.69, 9.17) is 16.1 Å². The van der Waals surface area contributed by atoms with Gasteiger partial charge in [0.05, 0.1) is 10.3 Å². The molecule has 0 radical (unpaired) electrons. The Kier molecular flexibility index (Phi) is 4.05. The molecular formula is C16H16ClN5OS. The first kappa shape index (κ1) is 15.7. The highest BCUT2D eigenvalue weighted by Gasteiger charge is 2.30. The van der Waals surface area contributed by atoms with Crippen LogP contribution in [0.3, 0.4) is 0 Å². The van der Waals surface area contributed by atoms with Crippen molar-refractivity contribution in [1.29, 1.82) is 0 Å². The number of hydrogen-bond donors (Lipinski definition) is 0.